The van der Waals surface area contributed by atoms with Crippen LogP contribution in [0.4, 0.5) is 0 Å². The van der Waals surface area contributed by atoms with Crippen LogP contribution in [0.3, 0.4) is 0 Å². The molecule has 1 aliphatic carbocycles. The summed E-state index contributed by atoms with van der Waals surface area (Å²) in [6.07, 6.45) is 5.75. The molecule has 1 aromatic rings. The maximum absolute atomic E-state index is 11.9. The van der Waals surface area contributed by atoms with E-state index < -0.39 is 0 Å². The van der Waals surface area contributed by atoms with Crippen LogP contribution in [0.5, 0.6) is 5.75 Å². The van der Waals surface area contributed by atoms with Crippen LogP contribution in [0.1, 0.15) is 38.2 Å². The van der Waals surface area contributed by atoms with Crippen molar-refractivity contribution in [3.8, 4) is 5.75 Å². The highest BCUT2D eigenvalue weighted by Crippen LogP contribution is 2.23. The van der Waals surface area contributed by atoms with E-state index in [1.54, 1.807) is 26.1 Å². The maximum atomic E-state index is 11.9. The van der Waals surface area contributed by atoms with Crippen molar-refractivity contribution < 1.29 is 9.53 Å². The lowest BCUT2D eigenvalue weighted by atomic mass is 9.86. The van der Waals surface area contributed by atoms with E-state index in [0.717, 1.165) is 36.7 Å². The highest BCUT2D eigenvalue weighted by molar-refractivity contribution is 5.85. The van der Waals surface area contributed by atoms with Crippen molar-refractivity contribution in [1.82, 2.24) is 15.5 Å². The first-order chi connectivity index (χ1) is 13.0. The van der Waals surface area contributed by atoms with Crippen molar-refractivity contribution >= 4 is 11.9 Å². The molecule has 0 spiro atoms. The highest BCUT2D eigenvalue weighted by atomic mass is 16.5. The van der Waals surface area contributed by atoms with Gasteiger partial charge in [0.25, 0.3) is 0 Å². The number of carbonyl (C=O) groups is 1. The van der Waals surface area contributed by atoms with E-state index in [4.69, 9.17) is 4.74 Å². The summed E-state index contributed by atoms with van der Waals surface area (Å²) >= 11 is 0. The summed E-state index contributed by atoms with van der Waals surface area (Å²) in [5.74, 6) is 2.23. The summed E-state index contributed by atoms with van der Waals surface area (Å²) in [6, 6.07) is 8.45. The van der Waals surface area contributed by atoms with Crippen LogP contribution >= 0.6 is 0 Å². The monoisotopic (exact) mass is 374 g/mol. The lowest BCUT2D eigenvalue weighted by Gasteiger charge is -2.31. The normalized spacial score (nSPS) is 20.1. The Hall–Kier alpha value is -2.24. The molecule has 2 atom stereocenters. The predicted molar refractivity (Wildman–Crippen MR) is 110 cm³/mol. The minimum Gasteiger partial charge on any atom is -0.496 e. The van der Waals surface area contributed by atoms with Crippen LogP contribution in [0.25, 0.3) is 0 Å². The van der Waals surface area contributed by atoms with Crippen molar-refractivity contribution in [1.29, 1.82) is 0 Å². The minimum atomic E-state index is -0.00230. The number of hydrogen-bond acceptors (Lipinski definition) is 3. The quantitative estimate of drug-likeness (QED) is 0.568. The number of benzene rings is 1. The van der Waals surface area contributed by atoms with Crippen molar-refractivity contribution in [3.05, 3.63) is 29.8 Å². The molecule has 2 unspecified atom stereocenters. The van der Waals surface area contributed by atoms with Gasteiger partial charge in [0, 0.05) is 26.7 Å². The predicted octanol–water partition coefficient (Wildman–Crippen LogP) is 2.44. The van der Waals surface area contributed by atoms with Gasteiger partial charge in [-0.2, -0.15) is 0 Å². The summed E-state index contributed by atoms with van der Waals surface area (Å²) in [7, 11) is 5.20. The average molecular weight is 375 g/mol. The van der Waals surface area contributed by atoms with Gasteiger partial charge in [-0.05, 0) is 36.8 Å². The van der Waals surface area contributed by atoms with Gasteiger partial charge in [-0.15, -0.1) is 0 Å². The Morgan fingerprint density at radius 3 is 2.70 bits per heavy atom. The zero-order valence-corrected chi connectivity index (χ0v) is 17.1. The third-order valence-corrected chi connectivity index (χ3v) is 5.18. The number of guanidine groups is 1. The average Bonchev–Trinajstić information content (AvgIpc) is 2.67. The molecule has 6 nitrogen and oxygen atoms in total. The molecule has 1 saturated carbocycles. The molecule has 0 radical (unpaired) electrons. The van der Waals surface area contributed by atoms with Gasteiger partial charge < -0.3 is 20.3 Å². The number of para-hydroxylation sites is 1. The molecular weight excluding hydrogens is 340 g/mol. The second-order valence-corrected chi connectivity index (χ2v) is 7.45. The lowest BCUT2D eigenvalue weighted by Crippen LogP contribution is -2.48. The highest BCUT2D eigenvalue weighted by Gasteiger charge is 2.22. The Kier molecular flexibility index (Phi) is 8.43. The van der Waals surface area contributed by atoms with E-state index in [-0.39, 0.29) is 12.5 Å². The number of nitrogens with zero attached hydrogens (tertiary/aromatic N) is 2. The summed E-state index contributed by atoms with van der Waals surface area (Å²) in [5, 5.41) is 6.95. The van der Waals surface area contributed by atoms with Crippen LogP contribution in [-0.2, 0) is 11.2 Å². The number of carbonyl (C=O) groups excluding carboxylic acids is 1. The van der Waals surface area contributed by atoms with E-state index in [1.807, 2.05) is 18.2 Å². The Morgan fingerprint density at radius 2 is 2.00 bits per heavy atom. The minimum absolute atomic E-state index is 0.00230. The smallest absolute Gasteiger partial charge is 0.243 e. The Balaban J connectivity index is 1.98. The second-order valence-electron chi connectivity index (χ2n) is 7.45. The van der Waals surface area contributed by atoms with Gasteiger partial charge in [-0.1, -0.05) is 38.0 Å². The SMILES string of the molecule is COc1ccccc1CCNC(=NCC(=O)N(C)C)NC1CCCCC1C. The van der Waals surface area contributed by atoms with Gasteiger partial charge in [0.05, 0.1) is 7.11 Å². The molecule has 1 aliphatic rings. The van der Waals surface area contributed by atoms with Crippen molar-refractivity contribution in [2.24, 2.45) is 10.9 Å². The first kappa shape index (κ1) is 21.1. The van der Waals surface area contributed by atoms with Crippen molar-refractivity contribution in [2.75, 3.05) is 34.3 Å². The molecule has 150 valence electrons. The van der Waals surface area contributed by atoms with Crippen LogP contribution in [-0.4, -0.2) is 57.1 Å². The fourth-order valence-corrected chi connectivity index (χ4v) is 3.37. The Labute approximate surface area is 163 Å². The standard InChI is InChI=1S/C21H34N4O2/c1-16-9-5-7-11-18(16)24-21(23-15-20(26)25(2)3)22-14-13-17-10-6-8-12-19(17)27-4/h6,8,10,12,16,18H,5,7,9,11,13-15H2,1-4H3,(H2,22,23,24). The van der Waals surface area contributed by atoms with Gasteiger partial charge in [-0.25, -0.2) is 4.99 Å². The fraction of sp³-hybridized carbons (Fsp3) is 0.619. The third kappa shape index (κ3) is 6.77. The molecule has 0 aliphatic heterocycles. The summed E-state index contributed by atoms with van der Waals surface area (Å²) < 4.78 is 5.42. The maximum Gasteiger partial charge on any atom is 0.243 e. The first-order valence-corrected chi connectivity index (χ1v) is 9.88. The van der Waals surface area contributed by atoms with Gasteiger partial charge in [-0.3, -0.25) is 4.79 Å². The van der Waals surface area contributed by atoms with E-state index in [1.165, 1.54) is 19.3 Å². The van der Waals surface area contributed by atoms with Crippen molar-refractivity contribution in [3.63, 3.8) is 0 Å². The molecule has 0 heterocycles. The van der Waals surface area contributed by atoms with Crippen molar-refractivity contribution in [2.45, 2.75) is 45.1 Å². The molecular formula is C21H34N4O2. The van der Waals surface area contributed by atoms with E-state index in [2.05, 4.69) is 28.6 Å². The van der Waals surface area contributed by atoms with Crippen LogP contribution in [0.2, 0.25) is 0 Å². The molecule has 27 heavy (non-hydrogen) atoms. The number of likely N-dealkylation sites (N-methyl/N-ethyl adjacent to an activating group) is 1. The second kappa shape index (κ2) is 10.8. The molecule has 0 aromatic heterocycles. The Bertz CT molecular complexity index is 630. The zero-order valence-electron chi connectivity index (χ0n) is 17.1. The number of nitrogens with one attached hydrogen (secondary N) is 2. The summed E-state index contributed by atoms with van der Waals surface area (Å²) in [5.41, 5.74) is 1.15. The molecule has 0 bridgehead atoms. The number of hydrogen-bond donors (Lipinski definition) is 2. The first-order valence-electron chi connectivity index (χ1n) is 9.88. The number of amides is 1. The molecule has 6 heteroatoms. The topological polar surface area (TPSA) is 66.0 Å². The van der Waals surface area contributed by atoms with Gasteiger partial charge in [0.2, 0.25) is 5.91 Å². The number of ether oxygens (including phenoxy) is 1. The Morgan fingerprint density at radius 1 is 1.26 bits per heavy atom. The molecule has 0 saturated heterocycles. The lowest BCUT2D eigenvalue weighted by molar-refractivity contribution is -0.127. The molecule has 1 fully saturated rings. The van der Waals surface area contributed by atoms with Gasteiger partial charge >= 0.3 is 0 Å². The van der Waals surface area contributed by atoms with E-state index in [0.29, 0.717) is 12.0 Å². The van der Waals surface area contributed by atoms with Gasteiger partial charge in [0.1, 0.15) is 12.3 Å². The van der Waals surface area contributed by atoms with Crippen LogP contribution in [0.15, 0.2) is 29.3 Å². The number of rotatable bonds is 7. The van der Waals surface area contributed by atoms with E-state index >= 15 is 0 Å². The molecule has 2 N–H and O–H groups in total. The third-order valence-electron chi connectivity index (χ3n) is 5.18. The number of aliphatic imine (C=N–C) groups is 1. The molecule has 2 rings (SSSR count). The largest absolute Gasteiger partial charge is 0.496 e. The van der Waals surface area contributed by atoms with E-state index in [9.17, 15) is 4.79 Å². The van der Waals surface area contributed by atoms with Gasteiger partial charge in [0.15, 0.2) is 5.96 Å². The van der Waals surface area contributed by atoms with Crippen LogP contribution < -0.4 is 15.4 Å². The summed E-state index contributed by atoms with van der Waals surface area (Å²) in [4.78, 5) is 18.0. The van der Waals surface area contributed by atoms with Crippen LogP contribution in [0, 0.1) is 5.92 Å². The number of methoxy groups -OCH3 is 1. The fourth-order valence-electron chi connectivity index (χ4n) is 3.37. The molecule has 1 amide bonds. The molecule has 1 aromatic carbocycles. The zero-order chi connectivity index (χ0) is 19.6. The summed E-state index contributed by atoms with van der Waals surface area (Å²) in [6.45, 7) is 3.16.